The third-order valence-corrected chi connectivity index (χ3v) is 4.99. The van der Waals surface area contributed by atoms with E-state index >= 15 is 0 Å². The fourth-order valence-electron chi connectivity index (χ4n) is 3.44. The van der Waals surface area contributed by atoms with Crippen LogP contribution in [0.5, 0.6) is 0 Å². The van der Waals surface area contributed by atoms with Gasteiger partial charge in [0.15, 0.2) is 0 Å². The normalized spacial score (nSPS) is 19.4. The van der Waals surface area contributed by atoms with Crippen LogP contribution in [0.3, 0.4) is 0 Å². The first-order chi connectivity index (χ1) is 14.4. The topological polar surface area (TPSA) is 102 Å². The Bertz CT molecular complexity index is 838. The molecule has 162 valence electrons. The first-order valence-electron chi connectivity index (χ1n) is 9.72. The molecule has 2 heterocycles. The number of aliphatic hydroxyl groups excluding tert-OH is 1. The Morgan fingerprint density at radius 2 is 2.03 bits per heavy atom. The van der Waals surface area contributed by atoms with Crippen molar-refractivity contribution in [2.75, 3.05) is 55.7 Å². The highest BCUT2D eigenvalue weighted by Crippen LogP contribution is 2.28. The molecule has 0 radical (unpaired) electrons. The molecule has 2 saturated heterocycles. The van der Waals surface area contributed by atoms with Gasteiger partial charge in [-0.3, -0.25) is 14.5 Å². The minimum atomic E-state index is -0.583. The molecule has 9 nitrogen and oxygen atoms in total. The number of carbonyl (C=O) groups excluding carboxylic acids is 3. The van der Waals surface area contributed by atoms with E-state index in [4.69, 9.17) is 9.84 Å². The molecule has 2 N–H and O–H groups in total. The van der Waals surface area contributed by atoms with Crippen molar-refractivity contribution in [1.29, 1.82) is 0 Å². The lowest BCUT2D eigenvalue weighted by molar-refractivity contribution is -0.126. The predicted molar refractivity (Wildman–Crippen MR) is 108 cm³/mol. The van der Waals surface area contributed by atoms with E-state index in [1.165, 1.54) is 30.0 Å². The van der Waals surface area contributed by atoms with Crippen molar-refractivity contribution in [2.45, 2.75) is 13.0 Å². The van der Waals surface area contributed by atoms with Gasteiger partial charge in [-0.2, -0.15) is 0 Å². The quantitative estimate of drug-likeness (QED) is 0.650. The van der Waals surface area contributed by atoms with E-state index in [9.17, 15) is 18.8 Å². The van der Waals surface area contributed by atoms with Crippen LogP contribution in [0, 0.1) is 5.82 Å². The highest BCUT2D eigenvalue weighted by Gasteiger charge is 2.33. The maximum atomic E-state index is 14.8. The number of nitrogens with one attached hydrogen (secondary N) is 1. The molecule has 0 saturated carbocycles. The fraction of sp³-hybridized carbons (Fsp3) is 0.450. The lowest BCUT2D eigenvalue weighted by atomic mass is 10.2. The van der Waals surface area contributed by atoms with E-state index in [-0.39, 0.29) is 31.5 Å². The number of carbonyl (C=O) groups is 3. The van der Waals surface area contributed by atoms with E-state index in [0.717, 1.165) is 0 Å². The van der Waals surface area contributed by atoms with Crippen LogP contribution < -0.4 is 15.1 Å². The molecule has 2 aliphatic heterocycles. The van der Waals surface area contributed by atoms with Gasteiger partial charge in [0, 0.05) is 39.2 Å². The second-order valence-corrected chi connectivity index (χ2v) is 7.09. The van der Waals surface area contributed by atoms with Gasteiger partial charge in [0.1, 0.15) is 11.9 Å². The van der Waals surface area contributed by atoms with Crippen LogP contribution in [0.15, 0.2) is 30.4 Å². The number of hydrogen-bond acceptors (Lipinski definition) is 6. The Hall–Kier alpha value is -3.14. The molecule has 1 aromatic carbocycles. The summed E-state index contributed by atoms with van der Waals surface area (Å²) in [7, 11) is 0. The standard InChI is InChI=1S/C20H25FN4O5/c1-14(27)22-12-16-13-25(20(29)30-16)15-4-5-18(17(21)11-15)23-6-8-24(9-7-23)19(28)3-2-10-26/h2-5,11,16,26H,6-10,12-13H2,1H3,(H,22,27)/t16-/m0/s1. The summed E-state index contributed by atoms with van der Waals surface area (Å²) in [6.07, 6.45) is 1.64. The van der Waals surface area contributed by atoms with Gasteiger partial charge in [-0.15, -0.1) is 0 Å². The van der Waals surface area contributed by atoms with Crippen LogP contribution in [0.2, 0.25) is 0 Å². The Kier molecular flexibility index (Phi) is 6.88. The molecular weight excluding hydrogens is 395 g/mol. The van der Waals surface area contributed by atoms with Crippen LogP contribution >= 0.6 is 0 Å². The number of rotatable bonds is 6. The molecule has 30 heavy (non-hydrogen) atoms. The second-order valence-electron chi connectivity index (χ2n) is 7.09. The molecule has 3 amide bonds. The third kappa shape index (κ3) is 5.07. The number of amides is 3. The van der Waals surface area contributed by atoms with Crippen LogP contribution in [-0.2, 0) is 14.3 Å². The minimum absolute atomic E-state index is 0.180. The van der Waals surface area contributed by atoms with E-state index in [2.05, 4.69) is 5.32 Å². The lowest BCUT2D eigenvalue weighted by Gasteiger charge is -2.36. The van der Waals surface area contributed by atoms with E-state index in [0.29, 0.717) is 37.6 Å². The van der Waals surface area contributed by atoms with Gasteiger partial charge in [-0.05, 0) is 18.2 Å². The predicted octanol–water partition coefficient (Wildman–Crippen LogP) is 0.484. The average molecular weight is 420 g/mol. The molecule has 1 aromatic rings. The summed E-state index contributed by atoms with van der Waals surface area (Å²) in [4.78, 5) is 39.9. The average Bonchev–Trinajstić information content (AvgIpc) is 3.11. The number of hydrogen-bond donors (Lipinski definition) is 2. The number of cyclic esters (lactones) is 1. The summed E-state index contributed by atoms with van der Waals surface area (Å²) in [5.74, 6) is -0.863. The van der Waals surface area contributed by atoms with Crippen molar-refractivity contribution in [3.8, 4) is 0 Å². The summed E-state index contributed by atoms with van der Waals surface area (Å²) in [5, 5.41) is 11.4. The van der Waals surface area contributed by atoms with Gasteiger partial charge >= 0.3 is 6.09 Å². The van der Waals surface area contributed by atoms with E-state index in [1.54, 1.807) is 17.0 Å². The van der Waals surface area contributed by atoms with Crippen molar-refractivity contribution in [2.24, 2.45) is 0 Å². The highest BCUT2D eigenvalue weighted by atomic mass is 19.1. The van der Waals surface area contributed by atoms with Crippen LogP contribution in [0.1, 0.15) is 6.92 Å². The lowest BCUT2D eigenvalue weighted by Crippen LogP contribution is -2.48. The summed E-state index contributed by atoms with van der Waals surface area (Å²) in [5.41, 5.74) is 0.786. The zero-order valence-corrected chi connectivity index (χ0v) is 16.7. The van der Waals surface area contributed by atoms with Gasteiger partial charge in [0.05, 0.1) is 31.1 Å². The van der Waals surface area contributed by atoms with Crippen molar-refractivity contribution in [3.05, 3.63) is 36.2 Å². The Morgan fingerprint density at radius 3 is 2.67 bits per heavy atom. The molecule has 1 atom stereocenters. The Balaban J connectivity index is 1.61. The molecule has 0 bridgehead atoms. The van der Waals surface area contributed by atoms with Gasteiger partial charge in [0.2, 0.25) is 11.8 Å². The first-order valence-corrected chi connectivity index (χ1v) is 9.72. The summed E-state index contributed by atoms with van der Waals surface area (Å²) in [6, 6.07) is 4.56. The van der Waals surface area contributed by atoms with Crippen molar-refractivity contribution >= 4 is 29.3 Å². The van der Waals surface area contributed by atoms with Crippen LogP contribution in [-0.4, -0.2) is 79.9 Å². The second kappa shape index (κ2) is 9.57. The monoisotopic (exact) mass is 420 g/mol. The molecule has 0 aliphatic carbocycles. The van der Waals surface area contributed by atoms with Gasteiger partial charge in [-0.25, -0.2) is 9.18 Å². The fourth-order valence-corrected chi connectivity index (χ4v) is 3.44. The smallest absolute Gasteiger partial charge is 0.414 e. The van der Waals surface area contributed by atoms with Crippen molar-refractivity contribution < 1.29 is 28.6 Å². The summed E-state index contributed by atoms with van der Waals surface area (Å²) >= 11 is 0. The third-order valence-electron chi connectivity index (χ3n) is 4.99. The van der Waals surface area contributed by atoms with Gasteiger partial charge in [-0.1, -0.05) is 6.08 Å². The van der Waals surface area contributed by atoms with Gasteiger partial charge in [0.25, 0.3) is 0 Å². The number of nitrogens with zero attached hydrogens (tertiary/aromatic N) is 3. The SMILES string of the molecule is CC(=O)NC[C@H]1CN(c2ccc(N3CCN(C(=O)C=CCO)CC3)c(F)c2)C(=O)O1. The number of anilines is 2. The number of benzene rings is 1. The highest BCUT2D eigenvalue weighted by molar-refractivity contribution is 5.90. The van der Waals surface area contributed by atoms with Crippen LogP contribution in [0.25, 0.3) is 0 Å². The molecule has 3 rings (SSSR count). The number of piperazine rings is 1. The molecule has 2 aliphatic rings. The number of ether oxygens (including phenoxy) is 1. The minimum Gasteiger partial charge on any atom is -0.442 e. The molecule has 0 spiro atoms. The largest absolute Gasteiger partial charge is 0.442 e. The zero-order valence-electron chi connectivity index (χ0n) is 16.7. The summed E-state index contributed by atoms with van der Waals surface area (Å²) < 4.78 is 20.0. The van der Waals surface area contributed by atoms with Crippen molar-refractivity contribution in [3.63, 3.8) is 0 Å². The summed E-state index contributed by atoms with van der Waals surface area (Å²) in [6.45, 7) is 3.44. The Labute approximate surface area is 173 Å². The Morgan fingerprint density at radius 1 is 1.30 bits per heavy atom. The molecule has 10 heteroatoms. The maximum absolute atomic E-state index is 14.8. The van der Waals surface area contributed by atoms with E-state index < -0.39 is 18.0 Å². The van der Waals surface area contributed by atoms with Gasteiger partial charge < -0.3 is 25.0 Å². The zero-order chi connectivity index (χ0) is 21.7. The van der Waals surface area contributed by atoms with E-state index in [1.807, 2.05) is 4.90 Å². The van der Waals surface area contributed by atoms with Crippen molar-refractivity contribution in [1.82, 2.24) is 10.2 Å². The number of aliphatic hydroxyl groups is 1. The molecular formula is C20H25FN4O5. The molecule has 0 aromatic heterocycles. The maximum Gasteiger partial charge on any atom is 0.414 e. The van der Waals surface area contributed by atoms with Crippen LogP contribution in [0.4, 0.5) is 20.6 Å². The molecule has 0 unspecified atom stereocenters. The first kappa shape index (κ1) is 21.6. The number of halogens is 1. The molecule has 2 fully saturated rings.